The molecule has 0 fully saturated rings. The minimum Gasteiger partial charge on any atom is -0.410 e. The fourth-order valence-corrected chi connectivity index (χ4v) is 0.506. The molecule has 0 bridgehead atoms. The van der Waals surface area contributed by atoms with Crippen molar-refractivity contribution in [3.63, 3.8) is 0 Å². The van der Waals surface area contributed by atoms with E-state index in [2.05, 4.69) is 12.1 Å². The van der Waals surface area contributed by atoms with Gasteiger partial charge >= 0.3 is 0 Å². The summed E-state index contributed by atoms with van der Waals surface area (Å²) in [6.07, 6.45) is 2.75. The summed E-state index contributed by atoms with van der Waals surface area (Å²) in [5.41, 5.74) is 0. The first-order chi connectivity index (χ1) is 3.81. The van der Waals surface area contributed by atoms with E-state index >= 15 is 0 Å². The lowest BCUT2D eigenvalue weighted by Gasteiger charge is -1.89. The molecule has 0 atom stereocenters. The highest BCUT2D eigenvalue weighted by Gasteiger charge is 1.90. The summed E-state index contributed by atoms with van der Waals surface area (Å²) >= 11 is 5.34. The maximum atomic E-state index is 8.02. The van der Waals surface area contributed by atoms with Crippen molar-refractivity contribution in [1.29, 1.82) is 0 Å². The highest BCUT2D eigenvalue weighted by molar-refractivity contribution is 6.65. The Morgan fingerprint density at radius 1 is 1.75 bits per heavy atom. The van der Waals surface area contributed by atoms with Gasteiger partial charge in [-0.1, -0.05) is 30.1 Å². The summed E-state index contributed by atoms with van der Waals surface area (Å²) in [4.78, 5) is 0. The van der Waals surface area contributed by atoms with E-state index in [1.807, 2.05) is 0 Å². The Bertz CT molecular complexity index is 82.5. The van der Waals surface area contributed by atoms with Gasteiger partial charge in [0.05, 0.1) is 0 Å². The van der Waals surface area contributed by atoms with Crippen LogP contribution in [0.1, 0.15) is 26.2 Å². The molecule has 48 valence electrons. The summed E-state index contributed by atoms with van der Waals surface area (Å²) in [5, 5.41) is 11.1. The number of unbranched alkanes of at least 4 members (excludes halogenated alkanes) is 1. The van der Waals surface area contributed by atoms with Gasteiger partial charge in [0.2, 0.25) is 0 Å². The van der Waals surface area contributed by atoms with Gasteiger partial charge in [0.15, 0.2) is 0 Å². The van der Waals surface area contributed by atoms with Crippen LogP contribution in [-0.2, 0) is 0 Å². The lowest BCUT2D eigenvalue weighted by Crippen LogP contribution is -1.84. The van der Waals surface area contributed by atoms with Gasteiger partial charge in [-0.05, 0) is 6.42 Å². The molecule has 0 aliphatic rings. The van der Waals surface area contributed by atoms with Gasteiger partial charge in [-0.25, -0.2) is 0 Å². The van der Waals surface area contributed by atoms with Crippen molar-refractivity contribution in [1.82, 2.24) is 0 Å². The molecule has 3 heteroatoms. The summed E-state index contributed by atoms with van der Waals surface area (Å²) in [5.74, 6) is 0. The van der Waals surface area contributed by atoms with Gasteiger partial charge < -0.3 is 5.21 Å². The first-order valence-corrected chi connectivity index (χ1v) is 3.05. The molecule has 0 radical (unpaired) electrons. The second-order valence-electron chi connectivity index (χ2n) is 1.58. The molecule has 0 aromatic rings. The van der Waals surface area contributed by atoms with E-state index in [1.54, 1.807) is 0 Å². The normalized spacial score (nSPS) is 12.0. The van der Waals surface area contributed by atoms with E-state index in [4.69, 9.17) is 16.8 Å². The number of rotatable bonds is 3. The quantitative estimate of drug-likeness (QED) is 0.359. The third-order valence-electron chi connectivity index (χ3n) is 0.845. The van der Waals surface area contributed by atoms with Crippen LogP contribution in [0, 0.1) is 0 Å². The van der Waals surface area contributed by atoms with Crippen molar-refractivity contribution in [3.8, 4) is 0 Å². The highest BCUT2D eigenvalue weighted by atomic mass is 35.5. The number of hydrogen-bond acceptors (Lipinski definition) is 2. The monoisotopic (exact) mass is 135 g/mol. The largest absolute Gasteiger partial charge is 0.410 e. The van der Waals surface area contributed by atoms with Crippen LogP contribution >= 0.6 is 11.6 Å². The van der Waals surface area contributed by atoms with E-state index in [1.165, 1.54) is 0 Å². The molecular formula is C5H10ClNO. The van der Waals surface area contributed by atoms with Crippen molar-refractivity contribution >= 4 is 16.8 Å². The van der Waals surface area contributed by atoms with Crippen LogP contribution < -0.4 is 0 Å². The molecule has 0 rings (SSSR count). The van der Waals surface area contributed by atoms with E-state index in [9.17, 15) is 0 Å². The van der Waals surface area contributed by atoms with Crippen molar-refractivity contribution in [2.24, 2.45) is 5.16 Å². The van der Waals surface area contributed by atoms with Gasteiger partial charge in [0.1, 0.15) is 5.17 Å². The van der Waals surface area contributed by atoms with Gasteiger partial charge in [0.25, 0.3) is 0 Å². The zero-order valence-electron chi connectivity index (χ0n) is 4.89. The summed E-state index contributed by atoms with van der Waals surface area (Å²) in [7, 11) is 0. The van der Waals surface area contributed by atoms with E-state index in [0.717, 1.165) is 12.8 Å². The summed E-state index contributed by atoms with van der Waals surface area (Å²) in [6.45, 7) is 2.06. The number of nitrogens with zero attached hydrogens (tertiary/aromatic N) is 1. The van der Waals surface area contributed by atoms with Gasteiger partial charge in [0, 0.05) is 6.42 Å². The second-order valence-corrected chi connectivity index (χ2v) is 2.02. The van der Waals surface area contributed by atoms with Crippen LogP contribution in [0.5, 0.6) is 0 Å². The van der Waals surface area contributed by atoms with Gasteiger partial charge in [-0.2, -0.15) is 0 Å². The number of oxime groups is 1. The average molecular weight is 136 g/mol. The molecule has 0 saturated heterocycles. The van der Waals surface area contributed by atoms with Crippen LogP contribution in [0.3, 0.4) is 0 Å². The molecule has 2 nitrogen and oxygen atoms in total. The SMILES string of the molecule is CCCCC(Cl)=NO. The molecule has 0 aromatic carbocycles. The molecule has 0 unspecified atom stereocenters. The zero-order chi connectivity index (χ0) is 6.41. The second kappa shape index (κ2) is 4.91. The first kappa shape index (κ1) is 7.76. The molecule has 0 amide bonds. The van der Waals surface area contributed by atoms with E-state index < -0.39 is 0 Å². The Labute approximate surface area is 54.1 Å². The third-order valence-corrected chi connectivity index (χ3v) is 1.11. The van der Waals surface area contributed by atoms with Gasteiger partial charge in [-0.3, -0.25) is 0 Å². The molecule has 0 aromatic heterocycles. The summed E-state index contributed by atoms with van der Waals surface area (Å²) in [6, 6.07) is 0. The van der Waals surface area contributed by atoms with Crippen LogP contribution in [0.2, 0.25) is 0 Å². The van der Waals surface area contributed by atoms with Crippen molar-refractivity contribution in [2.75, 3.05) is 0 Å². The minimum absolute atomic E-state index is 0.298. The van der Waals surface area contributed by atoms with Crippen molar-refractivity contribution in [3.05, 3.63) is 0 Å². The highest BCUT2D eigenvalue weighted by Crippen LogP contribution is 1.98. The van der Waals surface area contributed by atoms with Crippen LogP contribution in [0.4, 0.5) is 0 Å². The Morgan fingerprint density at radius 3 is 2.75 bits per heavy atom. The predicted molar refractivity (Wildman–Crippen MR) is 34.6 cm³/mol. The van der Waals surface area contributed by atoms with Crippen LogP contribution in [-0.4, -0.2) is 10.4 Å². The maximum Gasteiger partial charge on any atom is 0.145 e. The zero-order valence-corrected chi connectivity index (χ0v) is 5.65. The van der Waals surface area contributed by atoms with Crippen molar-refractivity contribution < 1.29 is 5.21 Å². The van der Waals surface area contributed by atoms with Crippen molar-refractivity contribution in [2.45, 2.75) is 26.2 Å². The fourth-order valence-electron chi connectivity index (χ4n) is 0.373. The van der Waals surface area contributed by atoms with Crippen LogP contribution in [0.15, 0.2) is 5.16 Å². The minimum atomic E-state index is 0.298. The Morgan fingerprint density at radius 2 is 2.38 bits per heavy atom. The molecule has 0 aliphatic carbocycles. The molecule has 0 saturated carbocycles. The molecule has 8 heavy (non-hydrogen) atoms. The Kier molecular flexibility index (Phi) is 4.76. The lowest BCUT2D eigenvalue weighted by atomic mass is 10.3. The molecular weight excluding hydrogens is 126 g/mol. The predicted octanol–water partition coefficient (Wildman–Crippen LogP) is 2.20. The number of halogens is 1. The maximum absolute atomic E-state index is 8.02. The van der Waals surface area contributed by atoms with E-state index in [0.29, 0.717) is 11.6 Å². The molecule has 0 heterocycles. The first-order valence-electron chi connectivity index (χ1n) is 2.67. The molecule has 1 N–H and O–H groups in total. The molecule has 0 spiro atoms. The van der Waals surface area contributed by atoms with Gasteiger partial charge in [-0.15, -0.1) is 0 Å². The van der Waals surface area contributed by atoms with Crippen LogP contribution in [0.25, 0.3) is 0 Å². The fraction of sp³-hybridized carbons (Fsp3) is 0.800. The topological polar surface area (TPSA) is 32.6 Å². The third kappa shape index (κ3) is 3.93. The Balaban J connectivity index is 3.12. The smallest absolute Gasteiger partial charge is 0.145 e. The standard InChI is InChI=1S/C5H10ClNO/c1-2-3-4-5(6)7-8/h8H,2-4H2,1H3. The average Bonchev–Trinajstić information content (AvgIpc) is 1.83. The summed E-state index contributed by atoms with van der Waals surface area (Å²) < 4.78 is 0. The molecule has 0 aliphatic heterocycles. The van der Waals surface area contributed by atoms with E-state index in [-0.39, 0.29) is 0 Å². The number of hydrogen-bond donors (Lipinski definition) is 1. The Hall–Kier alpha value is -0.240. The lowest BCUT2D eigenvalue weighted by molar-refractivity contribution is 0.319.